The lowest BCUT2D eigenvalue weighted by molar-refractivity contribution is 0.0905. The predicted molar refractivity (Wildman–Crippen MR) is 160 cm³/mol. The minimum Gasteiger partial charge on any atom is -0.420 e. The van der Waals surface area contributed by atoms with Gasteiger partial charge in [-0.2, -0.15) is 0 Å². The van der Waals surface area contributed by atoms with Crippen LogP contribution in [0.2, 0.25) is 0 Å². The number of alkyl halides is 2. The lowest BCUT2D eigenvalue weighted by Crippen LogP contribution is -2.18. The number of carbonyl (C=O) groups is 2. The predicted octanol–water partition coefficient (Wildman–Crippen LogP) is 9.54. The maximum absolute atomic E-state index is 12.8. The van der Waals surface area contributed by atoms with Crippen LogP contribution in [-0.2, 0) is 9.47 Å². The lowest BCUT2D eigenvalue weighted by atomic mass is 9.95. The molecule has 0 bridgehead atoms. The van der Waals surface area contributed by atoms with Crippen LogP contribution in [0.3, 0.4) is 0 Å². The van der Waals surface area contributed by atoms with Crippen LogP contribution in [-0.4, -0.2) is 20.5 Å². The number of benzene rings is 3. The van der Waals surface area contributed by atoms with Crippen LogP contribution in [0.15, 0.2) is 36.4 Å². The molecule has 8 heteroatoms. The van der Waals surface area contributed by atoms with Gasteiger partial charge in [0.25, 0.3) is 0 Å². The highest BCUT2D eigenvalue weighted by atomic mass is 127. The summed E-state index contributed by atoms with van der Waals surface area (Å²) in [4.78, 5) is 25.6. The van der Waals surface area contributed by atoms with Crippen molar-refractivity contribution in [3.8, 4) is 11.5 Å². The molecule has 0 fully saturated rings. The van der Waals surface area contributed by atoms with E-state index in [-0.39, 0.29) is 8.22 Å². The molecule has 0 aliphatic carbocycles. The van der Waals surface area contributed by atoms with E-state index < -0.39 is 12.3 Å². The Morgan fingerprint density at radius 2 is 1.11 bits per heavy atom. The summed E-state index contributed by atoms with van der Waals surface area (Å²) in [5.74, 6) is 0.780. The van der Waals surface area contributed by atoms with Gasteiger partial charge >= 0.3 is 12.3 Å². The van der Waals surface area contributed by atoms with E-state index >= 15 is 0 Å². The van der Waals surface area contributed by atoms with Crippen molar-refractivity contribution in [1.82, 2.24) is 0 Å². The lowest BCUT2D eigenvalue weighted by Gasteiger charge is -2.19. The van der Waals surface area contributed by atoms with E-state index in [2.05, 4.69) is 59.0 Å². The van der Waals surface area contributed by atoms with E-state index in [0.717, 1.165) is 49.7 Å². The molecule has 194 valence electrons. The number of hydrogen-bond acceptors (Lipinski definition) is 6. The topological polar surface area (TPSA) is 71.1 Å². The molecule has 0 aromatic heterocycles. The second-order valence-electron chi connectivity index (χ2n) is 8.70. The highest BCUT2D eigenvalue weighted by Crippen LogP contribution is 2.45. The molecule has 0 aliphatic heterocycles. The zero-order valence-corrected chi connectivity index (χ0v) is 25.4. The molecule has 6 nitrogen and oxygen atoms in total. The first kappa shape index (κ1) is 28.7. The molecule has 3 rings (SSSR count). The van der Waals surface area contributed by atoms with Gasteiger partial charge in [0.2, 0.25) is 0 Å². The summed E-state index contributed by atoms with van der Waals surface area (Å²) >= 11 is 4.22. The SMILES string of the molecule is CCCCC(I)OC(=O)Oc1c2cccc(C)c2c(OC(=O)OC(I)CCCC)c2cccc(C)c12. The standard InChI is InChI=1S/C28H32I2O6/c1-5-7-15-21(29)33-27(31)35-25-19-13-9-12-18(4)24(19)26(20-14-10-11-17(3)23(20)25)36-28(32)34-22(30)16-8-6-2/h9-14,21-22H,5-8,15-16H2,1-4H3. The number of carbonyl (C=O) groups excluding carboxylic acids is 2. The first-order chi connectivity index (χ1) is 17.3. The molecule has 0 amide bonds. The van der Waals surface area contributed by atoms with E-state index in [1.165, 1.54) is 0 Å². The van der Waals surface area contributed by atoms with Gasteiger partial charge in [0, 0.05) is 21.5 Å². The van der Waals surface area contributed by atoms with Gasteiger partial charge in [0.15, 0.2) is 19.7 Å². The highest BCUT2D eigenvalue weighted by Gasteiger charge is 2.24. The van der Waals surface area contributed by atoms with E-state index in [4.69, 9.17) is 18.9 Å². The number of rotatable bonds is 10. The maximum Gasteiger partial charge on any atom is 0.514 e. The number of halogens is 2. The molecule has 0 N–H and O–H groups in total. The Kier molecular flexibility index (Phi) is 10.9. The molecule has 0 aliphatic rings. The third kappa shape index (κ3) is 7.14. The van der Waals surface area contributed by atoms with E-state index in [0.29, 0.717) is 33.0 Å². The first-order valence-electron chi connectivity index (χ1n) is 12.3. The largest absolute Gasteiger partial charge is 0.514 e. The van der Waals surface area contributed by atoms with Gasteiger partial charge in [-0.1, -0.05) is 63.1 Å². The summed E-state index contributed by atoms with van der Waals surface area (Å²) in [5, 5.41) is 2.69. The van der Waals surface area contributed by atoms with Crippen molar-refractivity contribution in [3.05, 3.63) is 47.5 Å². The van der Waals surface area contributed by atoms with Crippen LogP contribution in [0.4, 0.5) is 9.59 Å². The zero-order chi connectivity index (χ0) is 26.2. The normalized spacial score (nSPS) is 12.8. The molecule has 0 saturated carbocycles. The third-order valence-electron chi connectivity index (χ3n) is 5.88. The second-order valence-corrected chi connectivity index (χ2v) is 11.5. The van der Waals surface area contributed by atoms with Crippen molar-refractivity contribution in [3.63, 3.8) is 0 Å². The molecule has 0 radical (unpaired) electrons. The van der Waals surface area contributed by atoms with Crippen molar-refractivity contribution in [2.75, 3.05) is 0 Å². The number of ether oxygens (including phenoxy) is 4. The summed E-state index contributed by atoms with van der Waals surface area (Å²) in [6.07, 6.45) is 3.98. The number of fused-ring (bicyclic) bond motifs is 2. The number of hydrogen-bond donors (Lipinski definition) is 0. The quantitative estimate of drug-likeness (QED) is 0.0684. The van der Waals surface area contributed by atoms with E-state index in [1.54, 1.807) is 0 Å². The molecule has 3 aromatic rings. The minimum atomic E-state index is -0.755. The Morgan fingerprint density at radius 3 is 1.47 bits per heavy atom. The van der Waals surface area contributed by atoms with Gasteiger partial charge in [-0.25, -0.2) is 9.59 Å². The number of aryl methyl sites for hydroxylation is 2. The summed E-state index contributed by atoms with van der Waals surface area (Å²) in [6.45, 7) is 8.04. The van der Waals surface area contributed by atoms with Gasteiger partial charge in [-0.05, 0) is 95.8 Å². The monoisotopic (exact) mass is 718 g/mol. The fourth-order valence-electron chi connectivity index (χ4n) is 4.07. The number of unbranched alkanes of at least 4 members (excludes halogenated alkanes) is 2. The van der Waals surface area contributed by atoms with Crippen molar-refractivity contribution in [2.24, 2.45) is 0 Å². The Balaban J connectivity index is 2.07. The molecule has 2 atom stereocenters. The smallest absolute Gasteiger partial charge is 0.420 e. The van der Waals surface area contributed by atoms with Crippen LogP contribution in [0.1, 0.15) is 63.5 Å². The van der Waals surface area contributed by atoms with Gasteiger partial charge in [-0.3, -0.25) is 0 Å². The molecule has 0 heterocycles. The Labute approximate surface area is 239 Å². The molecular formula is C28H32I2O6. The van der Waals surface area contributed by atoms with Crippen LogP contribution in [0.25, 0.3) is 21.5 Å². The van der Waals surface area contributed by atoms with E-state index in [1.807, 2.05) is 50.2 Å². The Hall–Kier alpha value is -1.82. The second kappa shape index (κ2) is 13.6. The van der Waals surface area contributed by atoms with Crippen molar-refractivity contribution < 1.29 is 28.5 Å². The van der Waals surface area contributed by atoms with Crippen LogP contribution in [0.5, 0.6) is 11.5 Å². The summed E-state index contributed by atoms with van der Waals surface area (Å²) < 4.78 is 22.2. The van der Waals surface area contributed by atoms with Crippen molar-refractivity contribution >= 4 is 79.0 Å². The third-order valence-corrected chi connectivity index (χ3v) is 7.63. The maximum atomic E-state index is 12.8. The minimum absolute atomic E-state index is 0.276. The summed E-state index contributed by atoms with van der Waals surface area (Å²) in [5.41, 5.74) is 1.76. The summed E-state index contributed by atoms with van der Waals surface area (Å²) in [6, 6.07) is 11.3. The van der Waals surface area contributed by atoms with Crippen molar-refractivity contribution in [2.45, 2.75) is 74.4 Å². The average molecular weight is 718 g/mol. The Bertz CT molecular complexity index is 1130. The van der Waals surface area contributed by atoms with Gasteiger partial charge < -0.3 is 18.9 Å². The van der Waals surface area contributed by atoms with Gasteiger partial charge in [-0.15, -0.1) is 0 Å². The van der Waals surface area contributed by atoms with Crippen LogP contribution < -0.4 is 9.47 Å². The molecule has 0 spiro atoms. The summed E-state index contributed by atoms with van der Waals surface area (Å²) in [7, 11) is 0. The fourth-order valence-corrected chi connectivity index (χ4v) is 5.36. The molecule has 0 saturated heterocycles. The molecule has 36 heavy (non-hydrogen) atoms. The van der Waals surface area contributed by atoms with E-state index in [9.17, 15) is 9.59 Å². The van der Waals surface area contributed by atoms with Crippen molar-refractivity contribution in [1.29, 1.82) is 0 Å². The van der Waals surface area contributed by atoms with Crippen LogP contribution in [0, 0.1) is 13.8 Å². The molecule has 3 aromatic carbocycles. The van der Waals surface area contributed by atoms with Gasteiger partial charge in [0.1, 0.15) is 0 Å². The molecule has 2 unspecified atom stereocenters. The highest BCUT2D eigenvalue weighted by molar-refractivity contribution is 14.1. The fraction of sp³-hybridized carbons (Fsp3) is 0.429. The van der Waals surface area contributed by atoms with Gasteiger partial charge in [0.05, 0.1) is 0 Å². The van der Waals surface area contributed by atoms with Crippen LogP contribution >= 0.6 is 45.2 Å². The first-order valence-corrected chi connectivity index (χ1v) is 14.8. The molecular weight excluding hydrogens is 686 g/mol. The average Bonchev–Trinajstić information content (AvgIpc) is 2.83. The zero-order valence-electron chi connectivity index (χ0n) is 21.1. The Morgan fingerprint density at radius 1 is 0.722 bits per heavy atom.